The molecule has 0 aliphatic heterocycles. The van der Waals surface area contributed by atoms with Gasteiger partial charge in [-0.15, -0.1) is 0 Å². The van der Waals surface area contributed by atoms with Gasteiger partial charge >= 0.3 is 0 Å². The van der Waals surface area contributed by atoms with E-state index < -0.39 is 0 Å². The fraction of sp³-hybridized carbons (Fsp3) is 0.200. The molecule has 0 N–H and O–H groups in total. The van der Waals surface area contributed by atoms with E-state index in [0.29, 0.717) is 0 Å². The monoisotopic (exact) mass is 290 g/mol. The summed E-state index contributed by atoms with van der Waals surface area (Å²) in [5.41, 5.74) is 3.58. The second-order valence-electron chi connectivity index (χ2n) is 4.05. The summed E-state index contributed by atoms with van der Waals surface area (Å²) in [4.78, 5) is 0. The number of rotatable bonds is 3. The Labute approximate surface area is 111 Å². The molecule has 0 aliphatic carbocycles. The van der Waals surface area contributed by atoms with Crippen LogP contribution in [0.2, 0.25) is 0 Å². The first kappa shape index (κ1) is 12.3. The summed E-state index contributed by atoms with van der Waals surface area (Å²) in [5.74, 6) is 0. The molecular weight excluding hydrogens is 276 g/mol. The molecule has 0 aromatic heterocycles. The van der Waals surface area contributed by atoms with Crippen LogP contribution in [0.25, 0.3) is 0 Å². The highest BCUT2D eigenvalue weighted by molar-refractivity contribution is 9.10. The molecule has 0 unspecified atom stereocenters. The van der Waals surface area contributed by atoms with Gasteiger partial charge in [-0.25, -0.2) is 0 Å². The molecule has 0 heterocycles. The van der Waals surface area contributed by atoms with Crippen LogP contribution in [0, 0.1) is 6.92 Å². The largest absolute Gasteiger partial charge is 0.372 e. The number of aryl methyl sites for hydroxylation is 1. The van der Waals surface area contributed by atoms with E-state index in [0.717, 1.165) is 10.0 Å². The first-order chi connectivity index (χ1) is 8.22. The molecule has 0 saturated heterocycles. The van der Waals surface area contributed by atoms with Crippen molar-refractivity contribution in [1.82, 2.24) is 0 Å². The molecule has 0 radical (unpaired) electrons. The van der Waals surface area contributed by atoms with E-state index in [4.69, 9.17) is 4.74 Å². The second-order valence-corrected chi connectivity index (χ2v) is 4.90. The van der Waals surface area contributed by atoms with Crippen LogP contribution in [-0.2, 0) is 4.74 Å². The van der Waals surface area contributed by atoms with E-state index in [-0.39, 0.29) is 6.10 Å². The van der Waals surface area contributed by atoms with Crippen molar-refractivity contribution in [3.8, 4) is 0 Å². The summed E-state index contributed by atoms with van der Waals surface area (Å²) < 4.78 is 6.69. The van der Waals surface area contributed by atoms with E-state index in [2.05, 4.69) is 53.2 Å². The topological polar surface area (TPSA) is 9.23 Å². The third-order valence-electron chi connectivity index (χ3n) is 2.80. The van der Waals surface area contributed by atoms with Crippen molar-refractivity contribution in [2.24, 2.45) is 0 Å². The molecule has 1 atom stereocenters. The number of hydrogen-bond donors (Lipinski definition) is 0. The smallest absolute Gasteiger partial charge is 0.108 e. The highest BCUT2D eigenvalue weighted by Gasteiger charge is 2.15. The first-order valence-corrected chi connectivity index (χ1v) is 6.35. The fourth-order valence-electron chi connectivity index (χ4n) is 1.87. The van der Waals surface area contributed by atoms with Crippen molar-refractivity contribution in [2.75, 3.05) is 7.11 Å². The number of ether oxygens (including phenoxy) is 1. The summed E-state index contributed by atoms with van der Waals surface area (Å²) in [7, 11) is 1.74. The van der Waals surface area contributed by atoms with Gasteiger partial charge in [0.05, 0.1) is 0 Å². The fourth-order valence-corrected chi connectivity index (χ4v) is 2.36. The van der Waals surface area contributed by atoms with Gasteiger partial charge in [-0.3, -0.25) is 0 Å². The predicted octanol–water partition coefficient (Wildman–Crippen LogP) is 4.49. The zero-order valence-corrected chi connectivity index (χ0v) is 11.6. The molecule has 2 heteroatoms. The van der Waals surface area contributed by atoms with Crippen LogP contribution in [0.5, 0.6) is 0 Å². The van der Waals surface area contributed by atoms with Crippen LogP contribution in [0.4, 0.5) is 0 Å². The van der Waals surface area contributed by atoms with Gasteiger partial charge in [-0.05, 0) is 24.1 Å². The molecule has 0 saturated carbocycles. The van der Waals surface area contributed by atoms with Gasteiger partial charge < -0.3 is 4.74 Å². The lowest BCUT2D eigenvalue weighted by molar-refractivity contribution is 0.136. The molecular formula is C15H15BrO. The molecule has 2 rings (SSSR count). The Morgan fingerprint density at radius 2 is 1.65 bits per heavy atom. The second kappa shape index (κ2) is 5.48. The minimum Gasteiger partial charge on any atom is -0.372 e. The molecule has 2 aromatic carbocycles. The first-order valence-electron chi connectivity index (χ1n) is 5.56. The van der Waals surface area contributed by atoms with Gasteiger partial charge in [0.15, 0.2) is 0 Å². The molecule has 0 bridgehead atoms. The van der Waals surface area contributed by atoms with Crippen molar-refractivity contribution in [3.63, 3.8) is 0 Å². The Bertz CT molecular complexity index is 491. The normalized spacial score (nSPS) is 12.4. The van der Waals surface area contributed by atoms with Crippen molar-refractivity contribution >= 4 is 15.9 Å². The number of benzene rings is 2. The Morgan fingerprint density at radius 1 is 1.00 bits per heavy atom. The lowest BCUT2D eigenvalue weighted by Gasteiger charge is -2.17. The number of methoxy groups -OCH3 is 1. The van der Waals surface area contributed by atoms with Crippen molar-refractivity contribution in [3.05, 3.63) is 69.7 Å². The van der Waals surface area contributed by atoms with E-state index in [9.17, 15) is 0 Å². The Kier molecular flexibility index (Phi) is 3.97. The zero-order valence-electron chi connectivity index (χ0n) is 9.98. The van der Waals surface area contributed by atoms with Crippen LogP contribution in [0.1, 0.15) is 22.8 Å². The third kappa shape index (κ3) is 2.76. The SMILES string of the molecule is CO[C@@H](c1ccc(C)cc1)c1ccccc1Br. The van der Waals surface area contributed by atoms with Crippen LogP contribution in [0.15, 0.2) is 53.0 Å². The van der Waals surface area contributed by atoms with Gasteiger partial charge in [0, 0.05) is 11.6 Å². The minimum atomic E-state index is -0.0221. The van der Waals surface area contributed by atoms with Crippen molar-refractivity contribution in [1.29, 1.82) is 0 Å². The van der Waals surface area contributed by atoms with Gasteiger partial charge in [0.2, 0.25) is 0 Å². The van der Waals surface area contributed by atoms with Gasteiger partial charge in [0.1, 0.15) is 6.10 Å². The van der Waals surface area contributed by atoms with E-state index >= 15 is 0 Å². The van der Waals surface area contributed by atoms with Gasteiger partial charge in [-0.1, -0.05) is 64.0 Å². The average Bonchev–Trinajstić information content (AvgIpc) is 2.35. The number of halogens is 1. The van der Waals surface area contributed by atoms with E-state index in [1.165, 1.54) is 11.1 Å². The maximum absolute atomic E-state index is 5.61. The summed E-state index contributed by atoms with van der Waals surface area (Å²) >= 11 is 3.57. The highest BCUT2D eigenvalue weighted by atomic mass is 79.9. The van der Waals surface area contributed by atoms with E-state index in [1.807, 2.05) is 18.2 Å². The quantitative estimate of drug-likeness (QED) is 0.809. The number of hydrogen-bond acceptors (Lipinski definition) is 1. The highest BCUT2D eigenvalue weighted by Crippen LogP contribution is 2.30. The summed E-state index contributed by atoms with van der Waals surface area (Å²) in [6.07, 6.45) is -0.0221. The van der Waals surface area contributed by atoms with Crippen LogP contribution in [-0.4, -0.2) is 7.11 Å². The Morgan fingerprint density at radius 3 is 2.24 bits per heavy atom. The Hall–Kier alpha value is -1.12. The maximum Gasteiger partial charge on any atom is 0.108 e. The van der Waals surface area contributed by atoms with Gasteiger partial charge in [0.25, 0.3) is 0 Å². The lowest BCUT2D eigenvalue weighted by Crippen LogP contribution is -2.04. The molecule has 0 amide bonds. The minimum absolute atomic E-state index is 0.0221. The van der Waals surface area contributed by atoms with Gasteiger partial charge in [-0.2, -0.15) is 0 Å². The molecule has 88 valence electrons. The molecule has 0 fully saturated rings. The summed E-state index contributed by atoms with van der Waals surface area (Å²) in [5, 5.41) is 0. The maximum atomic E-state index is 5.61. The molecule has 1 nitrogen and oxygen atoms in total. The molecule has 0 spiro atoms. The molecule has 2 aromatic rings. The predicted molar refractivity (Wildman–Crippen MR) is 74.2 cm³/mol. The standard InChI is InChI=1S/C15H15BrO/c1-11-7-9-12(10-8-11)15(17-2)13-5-3-4-6-14(13)16/h3-10,15H,1-2H3/t15-/m0/s1. The summed E-state index contributed by atoms with van der Waals surface area (Å²) in [6, 6.07) is 16.6. The van der Waals surface area contributed by atoms with Crippen LogP contribution in [0.3, 0.4) is 0 Å². The van der Waals surface area contributed by atoms with E-state index in [1.54, 1.807) is 7.11 Å². The van der Waals surface area contributed by atoms with Crippen molar-refractivity contribution < 1.29 is 4.74 Å². The van der Waals surface area contributed by atoms with Crippen molar-refractivity contribution in [2.45, 2.75) is 13.0 Å². The van der Waals surface area contributed by atoms with Crippen LogP contribution >= 0.6 is 15.9 Å². The Balaban J connectivity index is 2.40. The molecule has 0 aliphatic rings. The molecule has 17 heavy (non-hydrogen) atoms. The van der Waals surface area contributed by atoms with Crippen LogP contribution < -0.4 is 0 Å². The third-order valence-corrected chi connectivity index (χ3v) is 3.53. The zero-order chi connectivity index (χ0) is 12.3. The average molecular weight is 291 g/mol. The summed E-state index contributed by atoms with van der Waals surface area (Å²) in [6.45, 7) is 2.09. The lowest BCUT2D eigenvalue weighted by atomic mass is 10.0.